The van der Waals surface area contributed by atoms with Crippen LogP contribution in [0.3, 0.4) is 0 Å². The SMILES string of the molecule is C[N+](C)(C)CCN1C(=O)c2cc(C#Cc3ccc(O)cc3)c3c4c(cc(C#Cc5ccc(O)cc5)c(c24)C1=O)C(=O)N(CC[N+](C)(C)C)C3=O.[I-].[I-]. The molecule has 2 heterocycles. The molecule has 2 aliphatic heterocycles. The lowest BCUT2D eigenvalue weighted by Gasteiger charge is -2.35. The highest BCUT2D eigenvalue weighted by Gasteiger charge is 2.43. The molecule has 0 bridgehead atoms. The molecule has 2 aliphatic rings. The number of phenols is 2. The molecule has 0 saturated carbocycles. The van der Waals surface area contributed by atoms with Crippen molar-refractivity contribution in [1.29, 1.82) is 0 Å². The van der Waals surface area contributed by atoms with E-state index < -0.39 is 23.6 Å². The van der Waals surface area contributed by atoms with Crippen molar-refractivity contribution in [3.05, 3.63) is 105 Å². The van der Waals surface area contributed by atoms with E-state index in [0.717, 1.165) is 0 Å². The molecule has 4 aromatic rings. The Hall–Kier alpha value is -4.48. The molecule has 6 rings (SSSR count). The predicted molar refractivity (Wildman–Crippen MR) is 189 cm³/mol. The Bertz CT molecular complexity index is 2090. The molecule has 10 nitrogen and oxygen atoms in total. The average Bonchev–Trinajstić information content (AvgIpc) is 3.04. The number of likely N-dealkylation sites (N-methyl/N-ethyl adjacent to an activating group) is 2. The highest BCUT2D eigenvalue weighted by molar-refractivity contribution is 6.34. The summed E-state index contributed by atoms with van der Waals surface area (Å²) in [5.74, 6) is 10.2. The first-order valence-corrected chi connectivity index (χ1v) is 16.2. The number of carbonyl (C=O) groups excluding carboxylic acids is 4. The Morgan fingerprint density at radius 2 is 0.846 bits per heavy atom. The van der Waals surface area contributed by atoms with Gasteiger partial charge < -0.3 is 67.1 Å². The van der Waals surface area contributed by atoms with Gasteiger partial charge in [-0.3, -0.25) is 29.0 Å². The molecule has 0 aliphatic carbocycles. The van der Waals surface area contributed by atoms with Crippen molar-refractivity contribution < 1.29 is 86.3 Å². The van der Waals surface area contributed by atoms with E-state index in [4.69, 9.17) is 0 Å². The molecule has 268 valence electrons. The Morgan fingerprint density at radius 1 is 0.519 bits per heavy atom. The van der Waals surface area contributed by atoms with Gasteiger partial charge in [-0.15, -0.1) is 0 Å². The van der Waals surface area contributed by atoms with Gasteiger partial charge in [-0.05, 0) is 60.7 Å². The summed E-state index contributed by atoms with van der Waals surface area (Å²) in [4.78, 5) is 59.7. The van der Waals surface area contributed by atoms with E-state index >= 15 is 0 Å². The van der Waals surface area contributed by atoms with Crippen LogP contribution in [0.4, 0.5) is 0 Å². The topological polar surface area (TPSA) is 115 Å². The molecule has 0 saturated heterocycles. The molecule has 0 aromatic heterocycles. The summed E-state index contributed by atoms with van der Waals surface area (Å²) in [6, 6.07) is 15.6. The van der Waals surface area contributed by atoms with Crippen molar-refractivity contribution >= 4 is 34.4 Å². The highest BCUT2D eigenvalue weighted by atomic mass is 127. The minimum absolute atomic E-state index is 0. The van der Waals surface area contributed by atoms with E-state index in [1.165, 1.54) is 34.1 Å². The largest absolute Gasteiger partial charge is 1.00 e. The second-order valence-corrected chi connectivity index (χ2v) is 14.6. The van der Waals surface area contributed by atoms with Gasteiger partial charge in [0.2, 0.25) is 0 Å². The van der Waals surface area contributed by atoms with Gasteiger partial charge in [0.15, 0.2) is 0 Å². The first-order valence-electron chi connectivity index (χ1n) is 16.2. The van der Waals surface area contributed by atoms with Gasteiger partial charge in [-0.1, -0.05) is 23.7 Å². The first-order chi connectivity index (χ1) is 23.5. The van der Waals surface area contributed by atoms with Crippen LogP contribution in [-0.4, -0.2) is 121 Å². The summed E-state index contributed by atoms with van der Waals surface area (Å²) in [7, 11) is 11.8. The minimum Gasteiger partial charge on any atom is -1.00 e. The fraction of sp³-hybridized carbons (Fsp3) is 0.250. The number of imide groups is 2. The Kier molecular flexibility index (Phi) is 11.8. The molecule has 0 fully saturated rings. The van der Waals surface area contributed by atoms with Crippen LogP contribution in [0, 0.1) is 23.7 Å². The predicted octanol–water partition coefficient (Wildman–Crippen LogP) is -2.34. The smallest absolute Gasteiger partial charge is 0.262 e. The summed E-state index contributed by atoms with van der Waals surface area (Å²) in [5.41, 5.74) is 2.23. The summed E-state index contributed by atoms with van der Waals surface area (Å²) < 4.78 is 1.00. The van der Waals surface area contributed by atoms with Gasteiger partial charge in [0.1, 0.15) is 11.5 Å². The third-order valence-corrected chi connectivity index (χ3v) is 8.68. The number of aromatic hydroxyl groups is 2. The third-order valence-electron chi connectivity index (χ3n) is 8.68. The van der Waals surface area contributed by atoms with Crippen LogP contribution >= 0.6 is 0 Å². The van der Waals surface area contributed by atoms with E-state index in [9.17, 15) is 29.4 Å². The summed E-state index contributed by atoms with van der Waals surface area (Å²) in [5, 5.41) is 20.0. The van der Waals surface area contributed by atoms with Crippen molar-refractivity contribution in [3.63, 3.8) is 0 Å². The maximum Gasteiger partial charge on any atom is 0.262 e. The lowest BCUT2D eigenvalue weighted by molar-refractivity contribution is -0.869. The van der Waals surface area contributed by atoms with Crippen molar-refractivity contribution in [2.24, 2.45) is 0 Å². The fourth-order valence-corrected chi connectivity index (χ4v) is 5.93. The Labute approximate surface area is 337 Å². The van der Waals surface area contributed by atoms with Crippen molar-refractivity contribution in [2.75, 3.05) is 68.5 Å². The summed E-state index contributed by atoms with van der Waals surface area (Å²) in [6.45, 7) is 1.21. The zero-order chi connectivity index (χ0) is 36.1. The van der Waals surface area contributed by atoms with Crippen molar-refractivity contribution in [1.82, 2.24) is 9.80 Å². The van der Waals surface area contributed by atoms with Gasteiger partial charge >= 0.3 is 0 Å². The fourth-order valence-electron chi connectivity index (χ4n) is 5.93. The highest BCUT2D eigenvalue weighted by Crippen LogP contribution is 2.41. The van der Waals surface area contributed by atoms with Crippen LogP contribution in [0.25, 0.3) is 10.8 Å². The molecule has 2 N–H and O–H groups in total. The van der Waals surface area contributed by atoms with E-state index in [0.29, 0.717) is 33.2 Å². The van der Waals surface area contributed by atoms with E-state index in [-0.39, 0.29) is 117 Å². The molecule has 12 heteroatoms. The first kappa shape index (κ1) is 40.3. The minimum atomic E-state index is -0.557. The van der Waals surface area contributed by atoms with Crippen LogP contribution < -0.4 is 48.0 Å². The van der Waals surface area contributed by atoms with Gasteiger partial charge in [0.25, 0.3) is 23.6 Å². The molecular weight excluding hydrogens is 886 g/mol. The number of nitrogens with zero attached hydrogens (tertiary/aromatic N) is 4. The van der Waals surface area contributed by atoms with Gasteiger partial charge in [0, 0.05) is 44.2 Å². The quantitative estimate of drug-likeness (QED) is 0.0972. The van der Waals surface area contributed by atoms with Crippen LogP contribution in [0.5, 0.6) is 11.5 Å². The third kappa shape index (κ3) is 8.10. The molecule has 52 heavy (non-hydrogen) atoms. The Balaban J connectivity index is 0.00000302. The Morgan fingerprint density at radius 3 is 1.15 bits per heavy atom. The summed E-state index contributed by atoms with van der Waals surface area (Å²) >= 11 is 0. The molecule has 0 unspecified atom stereocenters. The van der Waals surface area contributed by atoms with Crippen LogP contribution in [-0.2, 0) is 0 Å². The molecule has 0 spiro atoms. The maximum absolute atomic E-state index is 14.4. The zero-order valence-corrected chi connectivity index (χ0v) is 34.0. The number of halogens is 2. The second kappa shape index (κ2) is 15.2. The summed E-state index contributed by atoms with van der Waals surface area (Å²) in [6.07, 6.45) is 0. The van der Waals surface area contributed by atoms with E-state index in [1.807, 2.05) is 42.3 Å². The number of hydrogen-bond acceptors (Lipinski definition) is 6. The number of benzene rings is 4. The molecular formula is C40H38I2N4O6. The van der Waals surface area contributed by atoms with Crippen LogP contribution in [0.2, 0.25) is 0 Å². The van der Waals surface area contributed by atoms with Crippen molar-refractivity contribution in [3.8, 4) is 35.2 Å². The molecule has 4 amide bonds. The number of amides is 4. The molecule has 4 aromatic carbocycles. The standard InChI is InChI=1S/C40H36N4O6.2HI/c1-43(2,3)21-19-41-37(47)31-23-28(14-8-26-11-17-30(46)18-12-26)34-36-32(38(48)42(40(34)50)20-22-44(4,5)6)24-27(33(35(31)36)39(41)49)13-7-25-9-15-29(45)16-10-25;;/h9-12,15-18,23-24H,19-22H2,1-6H3;2*1H. The van der Waals surface area contributed by atoms with Gasteiger partial charge in [0.05, 0.1) is 79.6 Å². The molecule has 0 radical (unpaired) electrons. The number of phenolic OH excluding ortho intramolecular Hbond substituents is 2. The monoisotopic (exact) mass is 924 g/mol. The van der Waals surface area contributed by atoms with Crippen LogP contribution in [0.1, 0.15) is 63.7 Å². The average molecular weight is 925 g/mol. The van der Waals surface area contributed by atoms with Crippen LogP contribution in [0.15, 0.2) is 60.7 Å². The zero-order valence-electron chi connectivity index (χ0n) is 29.7. The van der Waals surface area contributed by atoms with Gasteiger partial charge in [-0.2, -0.15) is 0 Å². The van der Waals surface area contributed by atoms with E-state index in [1.54, 1.807) is 36.4 Å². The lowest BCUT2D eigenvalue weighted by atomic mass is 9.81. The normalized spacial score (nSPS) is 13.5. The maximum atomic E-state index is 14.4. The number of carbonyl (C=O) groups is 4. The van der Waals surface area contributed by atoms with Crippen molar-refractivity contribution in [2.45, 2.75) is 0 Å². The second-order valence-electron chi connectivity index (χ2n) is 14.6. The lowest BCUT2D eigenvalue weighted by Crippen LogP contribution is -3.00. The van der Waals surface area contributed by atoms with E-state index in [2.05, 4.69) is 23.7 Å². The number of hydrogen-bond donors (Lipinski definition) is 2. The molecule has 0 atom stereocenters. The number of quaternary nitrogens is 2. The van der Waals surface area contributed by atoms with Gasteiger partial charge in [-0.25, -0.2) is 0 Å². The number of rotatable bonds is 6.